The lowest BCUT2D eigenvalue weighted by atomic mass is 9.81. The maximum Gasteiger partial charge on any atom is 0.340 e. The highest BCUT2D eigenvalue weighted by Crippen LogP contribution is 2.40. The van der Waals surface area contributed by atoms with Gasteiger partial charge in [0.2, 0.25) is 5.82 Å². The lowest BCUT2D eigenvalue weighted by molar-refractivity contribution is -0.156. The first-order valence-corrected chi connectivity index (χ1v) is 12.5. The Kier molecular flexibility index (Phi) is 6.00. The van der Waals surface area contributed by atoms with Crippen molar-refractivity contribution in [3.8, 4) is 10.7 Å². The Morgan fingerprint density at radius 2 is 2.06 bits per heavy atom. The van der Waals surface area contributed by atoms with Gasteiger partial charge in [-0.25, -0.2) is 14.6 Å². The maximum absolute atomic E-state index is 12.6. The molecule has 0 amide bonds. The molecule has 1 fully saturated rings. The molecule has 0 N–H and O–H groups in total. The fourth-order valence-electron chi connectivity index (χ4n) is 4.37. The average Bonchev–Trinajstić information content (AvgIpc) is 3.42. The normalized spacial score (nSPS) is 17.3. The molecule has 5 rings (SSSR count). The fourth-order valence-corrected chi connectivity index (χ4v) is 5.54. The molecule has 2 aromatic heterocycles. The summed E-state index contributed by atoms with van der Waals surface area (Å²) in [7, 11) is 0. The van der Waals surface area contributed by atoms with Crippen molar-refractivity contribution in [2.45, 2.75) is 57.8 Å². The molecule has 2 aliphatic rings. The van der Waals surface area contributed by atoms with Crippen LogP contribution in [0.15, 0.2) is 24.4 Å². The van der Waals surface area contributed by atoms with E-state index in [9.17, 15) is 9.59 Å². The molecule has 12 heteroatoms. The first-order chi connectivity index (χ1) is 16.6. The van der Waals surface area contributed by atoms with Gasteiger partial charge in [0.15, 0.2) is 11.7 Å². The van der Waals surface area contributed by atoms with Gasteiger partial charge in [0.1, 0.15) is 11.2 Å². The van der Waals surface area contributed by atoms with E-state index in [1.165, 1.54) is 16.1 Å². The maximum atomic E-state index is 12.6. The number of halogens is 1. The highest BCUT2D eigenvalue weighted by Gasteiger charge is 2.43. The SMILES string of the molecule is CC(C)(C)OC(=O)Cn1nnc(-c2cnc(N3CCC4(CC3)Cc3cccc(Cl)c3C(=O)O4)s2)n1. The summed E-state index contributed by atoms with van der Waals surface area (Å²) in [6, 6.07) is 5.54. The van der Waals surface area contributed by atoms with Crippen molar-refractivity contribution < 1.29 is 19.1 Å². The van der Waals surface area contributed by atoms with E-state index in [0.29, 0.717) is 48.8 Å². The number of tetrazole rings is 1. The predicted molar refractivity (Wildman–Crippen MR) is 130 cm³/mol. The summed E-state index contributed by atoms with van der Waals surface area (Å²) in [5.74, 6) is -0.371. The van der Waals surface area contributed by atoms with E-state index in [-0.39, 0.29) is 12.5 Å². The van der Waals surface area contributed by atoms with E-state index in [4.69, 9.17) is 21.1 Å². The van der Waals surface area contributed by atoms with Crippen LogP contribution in [-0.2, 0) is 27.2 Å². The van der Waals surface area contributed by atoms with Gasteiger partial charge in [-0.05, 0) is 37.6 Å². The van der Waals surface area contributed by atoms with Crippen LogP contribution in [0.3, 0.4) is 0 Å². The molecule has 0 atom stereocenters. The molecule has 0 unspecified atom stereocenters. The quantitative estimate of drug-likeness (QED) is 0.480. The number of piperidine rings is 1. The van der Waals surface area contributed by atoms with Crippen molar-refractivity contribution in [2.75, 3.05) is 18.0 Å². The monoisotopic (exact) mass is 516 g/mol. The number of carbonyl (C=O) groups is 2. The van der Waals surface area contributed by atoms with Crippen LogP contribution in [0.25, 0.3) is 10.7 Å². The molecule has 0 saturated carbocycles. The lowest BCUT2D eigenvalue weighted by Crippen LogP contribution is -2.50. The van der Waals surface area contributed by atoms with Crippen LogP contribution in [0.5, 0.6) is 0 Å². The third-order valence-corrected chi connectivity index (χ3v) is 7.30. The van der Waals surface area contributed by atoms with Crippen LogP contribution >= 0.6 is 22.9 Å². The van der Waals surface area contributed by atoms with Crippen molar-refractivity contribution in [2.24, 2.45) is 0 Å². The number of esters is 2. The number of nitrogens with zero attached hydrogens (tertiary/aromatic N) is 6. The first kappa shape index (κ1) is 23.7. The van der Waals surface area contributed by atoms with E-state index in [0.717, 1.165) is 15.6 Å². The zero-order chi connectivity index (χ0) is 24.8. The summed E-state index contributed by atoms with van der Waals surface area (Å²) < 4.78 is 11.2. The number of rotatable bonds is 4. The first-order valence-electron chi connectivity index (χ1n) is 11.3. The fraction of sp³-hybridized carbons (Fsp3) is 0.478. The third-order valence-electron chi connectivity index (χ3n) is 5.93. The van der Waals surface area contributed by atoms with Crippen LogP contribution < -0.4 is 4.90 Å². The van der Waals surface area contributed by atoms with Crippen molar-refractivity contribution >= 4 is 40.0 Å². The smallest absolute Gasteiger partial charge is 0.340 e. The molecular formula is C23H25ClN6O4S. The Morgan fingerprint density at radius 1 is 1.29 bits per heavy atom. The second-order valence-corrected chi connectivity index (χ2v) is 11.2. The van der Waals surface area contributed by atoms with E-state index >= 15 is 0 Å². The van der Waals surface area contributed by atoms with Gasteiger partial charge in [-0.2, -0.15) is 4.80 Å². The molecule has 2 aliphatic heterocycles. The van der Waals surface area contributed by atoms with E-state index in [2.05, 4.69) is 25.3 Å². The number of aromatic nitrogens is 5. The van der Waals surface area contributed by atoms with Gasteiger partial charge >= 0.3 is 11.9 Å². The Balaban J connectivity index is 1.22. The zero-order valence-corrected chi connectivity index (χ0v) is 21.2. The van der Waals surface area contributed by atoms with Crippen LogP contribution in [0.1, 0.15) is 49.5 Å². The van der Waals surface area contributed by atoms with Gasteiger partial charge in [-0.1, -0.05) is 35.1 Å². The standard InChI is InChI=1S/C23H25ClN6O4S/c1-22(2,3)33-17(31)13-30-27-19(26-28-30)16-12-25-21(35-16)29-9-7-23(8-10-29)11-14-5-4-6-15(24)18(14)20(32)34-23/h4-6,12H,7-11,13H2,1-3H3. The number of fused-ring (bicyclic) bond motifs is 1. The van der Waals surface area contributed by atoms with Gasteiger partial charge in [-0.3, -0.25) is 0 Å². The van der Waals surface area contributed by atoms with E-state index in [1.54, 1.807) is 33.0 Å². The van der Waals surface area contributed by atoms with Gasteiger partial charge in [0.25, 0.3) is 0 Å². The second-order valence-electron chi connectivity index (χ2n) is 9.75. The predicted octanol–water partition coefficient (Wildman–Crippen LogP) is 3.54. The minimum atomic E-state index is -0.577. The van der Waals surface area contributed by atoms with Gasteiger partial charge in [0, 0.05) is 32.4 Å². The topological polar surface area (TPSA) is 112 Å². The summed E-state index contributed by atoms with van der Waals surface area (Å²) in [6.45, 7) is 6.71. The number of carbonyl (C=O) groups excluding carboxylic acids is 2. The molecular weight excluding hydrogens is 492 g/mol. The van der Waals surface area contributed by atoms with E-state index in [1.807, 2.05) is 12.1 Å². The molecule has 35 heavy (non-hydrogen) atoms. The summed E-state index contributed by atoms with van der Waals surface area (Å²) in [5.41, 5.74) is 0.335. The number of hydrogen-bond donors (Lipinski definition) is 0. The number of thiazole rings is 1. The van der Waals surface area contributed by atoms with Crippen molar-refractivity contribution in [3.05, 3.63) is 40.5 Å². The number of ether oxygens (including phenoxy) is 2. The van der Waals surface area contributed by atoms with Crippen LogP contribution in [-0.4, -0.2) is 61.4 Å². The summed E-state index contributed by atoms with van der Waals surface area (Å²) >= 11 is 7.67. The average molecular weight is 517 g/mol. The van der Waals surface area contributed by atoms with Crippen molar-refractivity contribution in [1.82, 2.24) is 25.2 Å². The number of anilines is 1. The van der Waals surface area contributed by atoms with E-state index < -0.39 is 17.2 Å². The molecule has 0 bridgehead atoms. The molecule has 1 aromatic carbocycles. The van der Waals surface area contributed by atoms with Gasteiger partial charge in [0.05, 0.1) is 21.7 Å². The summed E-state index contributed by atoms with van der Waals surface area (Å²) in [4.78, 5) is 33.3. The highest BCUT2D eigenvalue weighted by atomic mass is 35.5. The summed E-state index contributed by atoms with van der Waals surface area (Å²) in [6.07, 6.45) is 3.77. The third kappa shape index (κ3) is 5.01. The Hall–Kier alpha value is -3.05. The highest BCUT2D eigenvalue weighted by molar-refractivity contribution is 7.18. The van der Waals surface area contributed by atoms with Crippen LogP contribution in [0, 0.1) is 0 Å². The molecule has 184 valence electrons. The Bertz CT molecular complexity index is 1280. The zero-order valence-electron chi connectivity index (χ0n) is 19.7. The second kappa shape index (κ2) is 8.87. The molecule has 10 nitrogen and oxygen atoms in total. The van der Waals surface area contributed by atoms with Crippen LogP contribution in [0.4, 0.5) is 5.13 Å². The van der Waals surface area contributed by atoms with Crippen LogP contribution in [0.2, 0.25) is 5.02 Å². The van der Waals surface area contributed by atoms with Crippen molar-refractivity contribution in [1.29, 1.82) is 0 Å². The number of hydrogen-bond acceptors (Lipinski definition) is 10. The number of benzene rings is 1. The largest absolute Gasteiger partial charge is 0.459 e. The minimum absolute atomic E-state index is 0.114. The molecule has 1 saturated heterocycles. The van der Waals surface area contributed by atoms with Gasteiger partial charge in [-0.15, -0.1) is 10.2 Å². The molecule has 4 heterocycles. The van der Waals surface area contributed by atoms with Gasteiger partial charge < -0.3 is 14.4 Å². The lowest BCUT2D eigenvalue weighted by Gasteiger charge is -2.43. The van der Waals surface area contributed by atoms with Crippen molar-refractivity contribution in [3.63, 3.8) is 0 Å². The molecule has 0 radical (unpaired) electrons. The molecule has 3 aromatic rings. The molecule has 0 aliphatic carbocycles. The summed E-state index contributed by atoms with van der Waals surface area (Å²) in [5, 5.41) is 13.6. The Morgan fingerprint density at radius 3 is 2.80 bits per heavy atom. The molecule has 1 spiro atoms. The minimum Gasteiger partial charge on any atom is -0.459 e. The Labute approximate surface area is 211 Å².